The normalized spacial score (nSPS) is 14.8. The average Bonchev–Trinajstić information content (AvgIpc) is 2.39. The average molecular weight is 240 g/mol. The molecule has 90 valence electrons. The lowest BCUT2D eigenvalue weighted by Crippen LogP contribution is -2.13. The van der Waals surface area contributed by atoms with Crippen molar-refractivity contribution in [2.24, 2.45) is 0 Å². The van der Waals surface area contributed by atoms with Gasteiger partial charge in [0.1, 0.15) is 17.8 Å². The minimum Gasteiger partial charge on any atom is -0.383 e. The van der Waals surface area contributed by atoms with Crippen LogP contribution in [0.5, 0.6) is 0 Å². The zero-order valence-corrected chi connectivity index (χ0v) is 9.68. The third kappa shape index (κ3) is 1.69. The number of nitrogens with one attached hydrogen (secondary N) is 1. The number of nitrogens with zero attached hydrogens (tertiary/aromatic N) is 2. The summed E-state index contributed by atoms with van der Waals surface area (Å²) in [5.74, 6) is 0.373. The summed E-state index contributed by atoms with van der Waals surface area (Å²) >= 11 is 0. The largest absolute Gasteiger partial charge is 0.383 e. The molecule has 0 aliphatic heterocycles. The molecule has 0 radical (unpaired) electrons. The Labute approximate surface area is 103 Å². The molecule has 5 nitrogen and oxygen atoms in total. The Morgan fingerprint density at radius 1 is 1.28 bits per heavy atom. The van der Waals surface area contributed by atoms with Gasteiger partial charge in [-0.15, -0.1) is 0 Å². The van der Waals surface area contributed by atoms with Gasteiger partial charge in [-0.1, -0.05) is 18.2 Å². The van der Waals surface area contributed by atoms with Crippen molar-refractivity contribution in [1.29, 1.82) is 0 Å². The molecular formula is C13H12N4O. The van der Waals surface area contributed by atoms with E-state index in [0.29, 0.717) is 22.4 Å². The quantitative estimate of drug-likeness (QED) is 0.793. The maximum atomic E-state index is 12.0. The van der Waals surface area contributed by atoms with Crippen molar-refractivity contribution in [2.75, 3.05) is 5.73 Å². The number of hydrogen-bond donors (Lipinski definition) is 2. The molecule has 2 aromatic rings. The van der Waals surface area contributed by atoms with Gasteiger partial charge in [-0.2, -0.15) is 0 Å². The van der Waals surface area contributed by atoms with Crippen LogP contribution in [0.25, 0.3) is 16.6 Å². The zero-order valence-electron chi connectivity index (χ0n) is 9.68. The second-order valence-corrected chi connectivity index (χ2v) is 4.17. The first-order valence-electron chi connectivity index (χ1n) is 5.76. The molecule has 2 heterocycles. The van der Waals surface area contributed by atoms with E-state index < -0.39 is 0 Å². The van der Waals surface area contributed by atoms with Crippen molar-refractivity contribution in [3.8, 4) is 0 Å². The van der Waals surface area contributed by atoms with Gasteiger partial charge in [-0.25, -0.2) is 9.97 Å². The second kappa shape index (κ2) is 4.10. The molecular weight excluding hydrogens is 228 g/mol. The van der Waals surface area contributed by atoms with Gasteiger partial charge >= 0.3 is 0 Å². The smallest absolute Gasteiger partial charge is 0.257 e. The van der Waals surface area contributed by atoms with Crippen LogP contribution in [0.1, 0.15) is 18.4 Å². The Balaban J connectivity index is 2.27. The molecule has 1 aliphatic carbocycles. The van der Waals surface area contributed by atoms with Crippen molar-refractivity contribution in [3.63, 3.8) is 0 Å². The number of aromatic nitrogens is 3. The highest BCUT2D eigenvalue weighted by atomic mass is 16.1. The fourth-order valence-corrected chi connectivity index (χ4v) is 2.06. The summed E-state index contributed by atoms with van der Waals surface area (Å²) in [4.78, 5) is 22.7. The van der Waals surface area contributed by atoms with Crippen LogP contribution < -0.4 is 11.3 Å². The molecule has 0 spiro atoms. The molecule has 0 amide bonds. The maximum Gasteiger partial charge on any atom is 0.257 e. The molecule has 0 bridgehead atoms. The van der Waals surface area contributed by atoms with E-state index in [4.69, 9.17) is 5.73 Å². The minimum absolute atomic E-state index is 0.154. The van der Waals surface area contributed by atoms with Crippen molar-refractivity contribution in [3.05, 3.63) is 46.5 Å². The maximum absolute atomic E-state index is 12.0. The van der Waals surface area contributed by atoms with E-state index in [1.54, 1.807) is 6.07 Å². The van der Waals surface area contributed by atoms with E-state index in [1.807, 2.05) is 6.08 Å². The lowest BCUT2D eigenvalue weighted by Gasteiger charge is -2.07. The van der Waals surface area contributed by atoms with Crippen LogP contribution in [0.3, 0.4) is 0 Å². The van der Waals surface area contributed by atoms with Gasteiger partial charge in [0.15, 0.2) is 0 Å². The summed E-state index contributed by atoms with van der Waals surface area (Å²) in [5, 5.41) is 0.673. The molecule has 18 heavy (non-hydrogen) atoms. The van der Waals surface area contributed by atoms with E-state index in [1.165, 1.54) is 6.33 Å². The summed E-state index contributed by atoms with van der Waals surface area (Å²) in [5.41, 5.74) is 7.64. The van der Waals surface area contributed by atoms with E-state index in [2.05, 4.69) is 27.1 Å². The predicted molar refractivity (Wildman–Crippen MR) is 70.9 cm³/mol. The first kappa shape index (κ1) is 10.7. The molecule has 0 fully saturated rings. The third-order valence-electron chi connectivity index (χ3n) is 2.99. The van der Waals surface area contributed by atoms with Crippen LogP contribution in [0, 0.1) is 0 Å². The standard InChI is InChI=1S/C13H12N4O/c14-11-10-6-9(8-4-2-1-3-5-8)13(18)17-12(10)16-7-15-11/h2,4-7H,1,3H2,(H3,14,15,16,17,18). The number of nitrogens with two attached hydrogens (primary N) is 1. The van der Waals surface area contributed by atoms with Crippen molar-refractivity contribution in [1.82, 2.24) is 15.0 Å². The number of allylic oxidation sites excluding steroid dienone is 4. The number of aromatic amines is 1. The van der Waals surface area contributed by atoms with E-state index >= 15 is 0 Å². The number of fused-ring (bicyclic) bond motifs is 1. The monoisotopic (exact) mass is 240 g/mol. The summed E-state index contributed by atoms with van der Waals surface area (Å²) in [7, 11) is 0. The molecule has 3 N–H and O–H groups in total. The Morgan fingerprint density at radius 2 is 2.17 bits per heavy atom. The van der Waals surface area contributed by atoms with Crippen molar-refractivity contribution < 1.29 is 0 Å². The number of H-pyrrole nitrogens is 1. The summed E-state index contributed by atoms with van der Waals surface area (Å²) in [6.45, 7) is 0. The highest BCUT2D eigenvalue weighted by Crippen LogP contribution is 2.22. The van der Waals surface area contributed by atoms with Gasteiger partial charge in [-0.3, -0.25) is 4.79 Å². The number of pyridine rings is 1. The van der Waals surface area contributed by atoms with E-state index in [-0.39, 0.29) is 5.56 Å². The number of rotatable bonds is 1. The fraction of sp³-hybridized carbons (Fsp3) is 0.154. The molecule has 3 rings (SSSR count). The third-order valence-corrected chi connectivity index (χ3v) is 2.99. The number of hydrogen-bond acceptors (Lipinski definition) is 4. The van der Waals surface area contributed by atoms with Crippen LogP contribution >= 0.6 is 0 Å². The molecule has 0 aromatic carbocycles. The first-order chi connectivity index (χ1) is 8.75. The van der Waals surface area contributed by atoms with Crippen LogP contribution in [-0.4, -0.2) is 15.0 Å². The van der Waals surface area contributed by atoms with Crippen LogP contribution in [-0.2, 0) is 0 Å². The number of nitrogen functional groups attached to an aromatic ring is 1. The van der Waals surface area contributed by atoms with Gasteiger partial charge < -0.3 is 10.7 Å². The Morgan fingerprint density at radius 3 is 2.94 bits per heavy atom. The fourth-order valence-electron chi connectivity index (χ4n) is 2.06. The molecule has 1 aliphatic rings. The van der Waals surface area contributed by atoms with Gasteiger partial charge in [0.25, 0.3) is 5.56 Å². The van der Waals surface area contributed by atoms with Gasteiger partial charge in [0, 0.05) is 5.56 Å². The minimum atomic E-state index is -0.154. The first-order valence-corrected chi connectivity index (χ1v) is 5.76. The van der Waals surface area contributed by atoms with Gasteiger partial charge in [-0.05, 0) is 24.5 Å². The van der Waals surface area contributed by atoms with Gasteiger partial charge in [0.05, 0.1) is 5.39 Å². The molecule has 0 saturated heterocycles. The highest BCUT2D eigenvalue weighted by molar-refractivity contribution is 5.89. The van der Waals surface area contributed by atoms with E-state index in [9.17, 15) is 4.79 Å². The Bertz CT molecular complexity index is 727. The summed E-state index contributed by atoms with van der Waals surface area (Å²) < 4.78 is 0. The number of anilines is 1. The van der Waals surface area contributed by atoms with Crippen LogP contribution in [0.15, 0.2) is 35.4 Å². The Kier molecular flexibility index (Phi) is 2.44. The lowest BCUT2D eigenvalue weighted by atomic mass is 10.00. The van der Waals surface area contributed by atoms with E-state index in [0.717, 1.165) is 18.4 Å². The molecule has 0 saturated carbocycles. The van der Waals surface area contributed by atoms with Crippen molar-refractivity contribution >= 4 is 22.4 Å². The predicted octanol–water partition coefficient (Wildman–Crippen LogP) is 1.63. The van der Waals surface area contributed by atoms with Crippen molar-refractivity contribution in [2.45, 2.75) is 12.8 Å². The topological polar surface area (TPSA) is 84.7 Å². The lowest BCUT2D eigenvalue weighted by molar-refractivity contribution is 1.04. The summed E-state index contributed by atoms with van der Waals surface area (Å²) in [6, 6.07) is 1.75. The summed E-state index contributed by atoms with van der Waals surface area (Å²) in [6.07, 6.45) is 9.37. The second-order valence-electron chi connectivity index (χ2n) is 4.17. The highest BCUT2D eigenvalue weighted by Gasteiger charge is 2.10. The molecule has 0 unspecified atom stereocenters. The molecule has 0 atom stereocenters. The molecule has 2 aromatic heterocycles. The Hall–Kier alpha value is -2.43. The van der Waals surface area contributed by atoms with Gasteiger partial charge in [0.2, 0.25) is 0 Å². The van der Waals surface area contributed by atoms with Crippen LogP contribution in [0.4, 0.5) is 5.82 Å². The zero-order chi connectivity index (χ0) is 12.5. The van der Waals surface area contributed by atoms with Crippen LogP contribution in [0.2, 0.25) is 0 Å². The SMILES string of the molecule is Nc1ncnc2[nH]c(=O)c(C3=CCCC=C3)cc12. The molecule has 5 heteroatoms.